The molecule has 148 valence electrons. The van der Waals surface area contributed by atoms with Gasteiger partial charge in [0.05, 0.1) is 13.2 Å². The highest BCUT2D eigenvalue weighted by molar-refractivity contribution is 5.84. The van der Waals surface area contributed by atoms with Gasteiger partial charge in [-0.1, -0.05) is 24.3 Å². The first kappa shape index (κ1) is 18.5. The molecule has 0 unspecified atom stereocenters. The molecule has 3 heterocycles. The molecule has 1 aliphatic rings. The van der Waals surface area contributed by atoms with Gasteiger partial charge >= 0.3 is 0 Å². The summed E-state index contributed by atoms with van der Waals surface area (Å²) in [6.45, 7) is 4.80. The third-order valence-corrected chi connectivity index (χ3v) is 4.88. The number of benzene rings is 1. The number of aromatic hydroxyl groups is 1. The first-order chi connectivity index (χ1) is 13.6. The van der Waals surface area contributed by atoms with E-state index in [1.165, 1.54) is 12.0 Å². The summed E-state index contributed by atoms with van der Waals surface area (Å²) in [5.41, 5.74) is 9.25. The molecule has 0 spiro atoms. The minimum atomic E-state index is -0.127. The highest BCUT2D eigenvalue weighted by atomic mass is 16.5. The molecule has 1 saturated heterocycles. The Balaban J connectivity index is 1.60. The molecule has 0 amide bonds. The molecule has 1 aromatic carbocycles. The predicted molar refractivity (Wildman–Crippen MR) is 107 cm³/mol. The Kier molecular flexibility index (Phi) is 5.27. The number of nitrogens with two attached hydrogens (primary N) is 1. The van der Waals surface area contributed by atoms with Crippen molar-refractivity contribution in [2.45, 2.75) is 19.5 Å². The molecule has 2 aromatic heterocycles. The maximum absolute atomic E-state index is 10.4. The van der Waals surface area contributed by atoms with Crippen molar-refractivity contribution in [1.82, 2.24) is 24.4 Å². The van der Waals surface area contributed by atoms with E-state index in [1.807, 2.05) is 12.1 Å². The molecule has 28 heavy (non-hydrogen) atoms. The third kappa shape index (κ3) is 3.85. The van der Waals surface area contributed by atoms with Gasteiger partial charge in [0.2, 0.25) is 5.95 Å². The predicted octanol–water partition coefficient (Wildman–Crippen LogP) is 1.43. The molecule has 4 rings (SSSR count). The largest absolute Gasteiger partial charge is 0.480 e. The van der Waals surface area contributed by atoms with E-state index < -0.39 is 0 Å². The van der Waals surface area contributed by atoms with Gasteiger partial charge < -0.3 is 20.9 Å². The number of hydrogen-bond acceptors (Lipinski definition) is 8. The van der Waals surface area contributed by atoms with Gasteiger partial charge in [0, 0.05) is 20.2 Å². The van der Waals surface area contributed by atoms with Gasteiger partial charge in [-0.2, -0.15) is 15.0 Å². The van der Waals surface area contributed by atoms with Crippen molar-refractivity contribution in [2.24, 2.45) is 0 Å². The summed E-state index contributed by atoms with van der Waals surface area (Å²) >= 11 is 0. The SMILES string of the molecule is COCCNc1nc(N)c2nc(O)n(Cc3cccc(CN4CCC4)c3)c2n1. The number of fused-ring (bicyclic) bond motifs is 1. The van der Waals surface area contributed by atoms with Crippen molar-refractivity contribution in [3.8, 4) is 6.01 Å². The molecular formula is C19H25N7O2. The summed E-state index contributed by atoms with van der Waals surface area (Å²) in [5, 5.41) is 13.4. The molecular weight excluding hydrogens is 358 g/mol. The normalized spacial score (nSPS) is 14.3. The fraction of sp³-hybridized carbons (Fsp3) is 0.421. The summed E-state index contributed by atoms with van der Waals surface area (Å²) in [6.07, 6.45) is 1.27. The third-order valence-electron chi connectivity index (χ3n) is 4.88. The molecule has 0 radical (unpaired) electrons. The first-order valence-corrected chi connectivity index (χ1v) is 9.39. The Bertz CT molecular complexity index is 968. The Morgan fingerprint density at radius 3 is 2.68 bits per heavy atom. The van der Waals surface area contributed by atoms with Crippen molar-refractivity contribution < 1.29 is 9.84 Å². The van der Waals surface area contributed by atoms with Gasteiger partial charge in [-0.25, -0.2) is 0 Å². The first-order valence-electron chi connectivity index (χ1n) is 9.39. The van der Waals surface area contributed by atoms with Gasteiger partial charge in [0.1, 0.15) is 0 Å². The van der Waals surface area contributed by atoms with E-state index in [2.05, 4.69) is 37.3 Å². The summed E-state index contributed by atoms with van der Waals surface area (Å²) < 4.78 is 6.68. The molecule has 1 fully saturated rings. The summed E-state index contributed by atoms with van der Waals surface area (Å²) in [6, 6.07) is 8.24. The van der Waals surface area contributed by atoms with Crippen molar-refractivity contribution >= 4 is 22.9 Å². The van der Waals surface area contributed by atoms with Crippen LogP contribution in [-0.2, 0) is 17.8 Å². The molecule has 0 aliphatic carbocycles. The topological polar surface area (TPSA) is 114 Å². The lowest BCUT2D eigenvalue weighted by molar-refractivity contribution is 0.172. The van der Waals surface area contributed by atoms with Gasteiger partial charge in [0.25, 0.3) is 6.01 Å². The van der Waals surface area contributed by atoms with E-state index in [-0.39, 0.29) is 11.8 Å². The molecule has 0 atom stereocenters. The number of rotatable bonds is 8. The van der Waals surface area contributed by atoms with Gasteiger partial charge in [-0.05, 0) is 30.6 Å². The molecule has 3 aromatic rings. The highest BCUT2D eigenvalue weighted by Crippen LogP contribution is 2.25. The Hall–Kier alpha value is -2.91. The molecule has 9 nitrogen and oxygen atoms in total. The molecule has 9 heteroatoms. The highest BCUT2D eigenvalue weighted by Gasteiger charge is 2.17. The van der Waals surface area contributed by atoms with Crippen molar-refractivity contribution in [2.75, 3.05) is 44.4 Å². The second-order valence-electron chi connectivity index (χ2n) is 6.97. The molecule has 1 aliphatic heterocycles. The van der Waals surface area contributed by atoms with E-state index in [9.17, 15) is 5.11 Å². The number of imidazole rings is 1. The lowest BCUT2D eigenvalue weighted by atomic mass is 10.1. The zero-order valence-corrected chi connectivity index (χ0v) is 15.9. The summed E-state index contributed by atoms with van der Waals surface area (Å²) in [7, 11) is 1.63. The minimum absolute atomic E-state index is 0.127. The molecule has 0 bridgehead atoms. The Labute approximate surface area is 163 Å². The van der Waals surface area contributed by atoms with Gasteiger partial charge in [-0.15, -0.1) is 0 Å². The standard InChI is InChI=1S/C19H25N7O2/c1-28-9-6-21-18-23-16(20)15-17(24-18)26(19(27)22-15)12-14-5-2-4-13(10-14)11-25-7-3-8-25/h2,4-5,10H,3,6-9,11-12H2,1H3,(H,22,27)(H3,20,21,23,24). The van der Waals surface area contributed by atoms with Crippen LogP contribution in [0.25, 0.3) is 11.2 Å². The van der Waals surface area contributed by atoms with E-state index in [1.54, 1.807) is 11.7 Å². The fourth-order valence-electron chi connectivity index (χ4n) is 3.31. The number of ether oxygens (including phenoxy) is 1. The van der Waals surface area contributed by atoms with Gasteiger partial charge in [0.15, 0.2) is 17.0 Å². The average Bonchev–Trinajstić information content (AvgIpc) is 2.95. The van der Waals surface area contributed by atoms with E-state index in [4.69, 9.17) is 10.5 Å². The van der Waals surface area contributed by atoms with Crippen LogP contribution >= 0.6 is 0 Å². The molecule has 4 N–H and O–H groups in total. The molecule has 0 saturated carbocycles. The van der Waals surface area contributed by atoms with E-state index >= 15 is 0 Å². The summed E-state index contributed by atoms with van der Waals surface area (Å²) in [5.74, 6) is 0.611. The van der Waals surface area contributed by atoms with Crippen molar-refractivity contribution in [3.63, 3.8) is 0 Å². The minimum Gasteiger partial charge on any atom is -0.480 e. The van der Waals surface area contributed by atoms with E-state index in [0.29, 0.717) is 36.8 Å². The number of nitrogen functional groups attached to an aromatic ring is 1. The van der Waals surface area contributed by atoms with Crippen LogP contribution in [0.15, 0.2) is 24.3 Å². The number of nitrogens with zero attached hydrogens (tertiary/aromatic N) is 5. The van der Waals surface area contributed by atoms with Gasteiger partial charge in [-0.3, -0.25) is 9.47 Å². The lowest BCUT2D eigenvalue weighted by Crippen LogP contribution is -2.36. The number of nitrogens with one attached hydrogen (secondary N) is 1. The number of methoxy groups -OCH3 is 1. The van der Waals surface area contributed by atoms with Crippen LogP contribution in [0.2, 0.25) is 0 Å². The fourth-order valence-corrected chi connectivity index (χ4v) is 3.31. The zero-order chi connectivity index (χ0) is 19.5. The van der Waals surface area contributed by atoms with Crippen LogP contribution in [0, 0.1) is 0 Å². The number of anilines is 2. The lowest BCUT2D eigenvalue weighted by Gasteiger charge is -2.30. The number of likely N-dealkylation sites (tertiary alicyclic amines) is 1. The maximum Gasteiger partial charge on any atom is 0.296 e. The Morgan fingerprint density at radius 2 is 1.96 bits per heavy atom. The second-order valence-corrected chi connectivity index (χ2v) is 6.97. The van der Waals surface area contributed by atoms with Crippen LogP contribution in [0.4, 0.5) is 11.8 Å². The quantitative estimate of drug-likeness (QED) is 0.501. The van der Waals surface area contributed by atoms with Crippen molar-refractivity contribution in [3.05, 3.63) is 35.4 Å². The van der Waals surface area contributed by atoms with Crippen LogP contribution in [0.5, 0.6) is 6.01 Å². The summed E-state index contributed by atoms with van der Waals surface area (Å²) in [4.78, 5) is 15.3. The Morgan fingerprint density at radius 1 is 1.18 bits per heavy atom. The van der Waals surface area contributed by atoms with Crippen molar-refractivity contribution in [1.29, 1.82) is 0 Å². The van der Waals surface area contributed by atoms with Crippen LogP contribution in [0.1, 0.15) is 17.5 Å². The van der Waals surface area contributed by atoms with Crippen LogP contribution in [-0.4, -0.2) is 62.9 Å². The zero-order valence-electron chi connectivity index (χ0n) is 15.9. The van der Waals surface area contributed by atoms with E-state index in [0.717, 1.165) is 25.2 Å². The smallest absolute Gasteiger partial charge is 0.296 e. The maximum atomic E-state index is 10.4. The number of aromatic nitrogens is 4. The van der Waals surface area contributed by atoms with Crippen LogP contribution < -0.4 is 11.1 Å². The van der Waals surface area contributed by atoms with Crippen LogP contribution in [0.3, 0.4) is 0 Å². The monoisotopic (exact) mass is 383 g/mol. The average molecular weight is 383 g/mol. The number of hydrogen-bond donors (Lipinski definition) is 3. The second kappa shape index (κ2) is 7.99.